The molecule has 1 aromatic carbocycles. The van der Waals surface area contributed by atoms with Crippen LogP contribution in [-0.2, 0) is 9.53 Å². The van der Waals surface area contributed by atoms with Crippen LogP contribution < -0.4 is 4.74 Å². The molecule has 0 spiro atoms. The third kappa shape index (κ3) is 5.32. The quantitative estimate of drug-likeness (QED) is 0.567. The number of hydrogen-bond acceptors (Lipinski definition) is 4. The van der Waals surface area contributed by atoms with Crippen molar-refractivity contribution in [2.45, 2.75) is 72.5 Å². The van der Waals surface area contributed by atoms with Crippen molar-refractivity contribution < 1.29 is 19.1 Å². The zero-order valence-corrected chi connectivity index (χ0v) is 16.2. The van der Waals surface area contributed by atoms with Crippen LogP contribution in [0.1, 0.15) is 71.2 Å². The number of carbonyl (C=O) groups excluding carboxylic acids is 2. The highest BCUT2D eigenvalue weighted by molar-refractivity contribution is 5.94. The molecule has 138 valence electrons. The normalized spacial score (nSPS) is 23.0. The summed E-state index contributed by atoms with van der Waals surface area (Å²) >= 11 is 0. The number of ether oxygens (including phenoxy) is 2. The van der Waals surface area contributed by atoms with E-state index in [-0.39, 0.29) is 23.3 Å². The molecule has 0 unspecified atom stereocenters. The third-order valence-corrected chi connectivity index (χ3v) is 4.73. The smallest absolute Gasteiger partial charge is 0.350 e. The van der Waals surface area contributed by atoms with E-state index in [1.807, 2.05) is 0 Å². The summed E-state index contributed by atoms with van der Waals surface area (Å²) < 4.78 is 11.6. The molecule has 0 heterocycles. The molecule has 1 aromatic rings. The monoisotopic (exact) mass is 346 g/mol. The molecule has 0 radical (unpaired) electrons. The zero-order valence-electron chi connectivity index (χ0n) is 16.2. The molecule has 0 aliphatic heterocycles. The molecule has 1 fully saturated rings. The van der Waals surface area contributed by atoms with Crippen LogP contribution in [-0.4, -0.2) is 23.5 Å². The van der Waals surface area contributed by atoms with Crippen molar-refractivity contribution >= 4 is 11.8 Å². The highest BCUT2D eigenvalue weighted by atomic mass is 16.6. The Morgan fingerprint density at radius 3 is 2.48 bits per heavy atom. The number of Topliss-reactive ketones (excluding diaryl/α,β-unsaturated/α-hetero) is 1. The van der Waals surface area contributed by atoms with Crippen LogP contribution in [0.2, 0.25) is 0 Å². The minimum absolute atomic E-state index is 0.0377. The van der Waals surface area contributed by atoms with Gasteiger partial charge in [-0.25, -0.2) is 4.79 Å². The second-order valence-corrected chi connectivity index (χ2v) is 8.64. The van der Waals surface area contributed by atoms with Gasteiger partial charge >= 0.3 is 5.97 Å². The van der Waals surface area contributed by atoms with E-state index in [1.54, 1.807) is 38.1 Å². The van der Waals surface area contributed by atoms with E-state index in [0.717, 1.165) is 19.3 Å². The highest BCUT2D eigenvalue weighted by Crippen LogP contribution is 2.40. The first-order valence-electron chi connectivity index (χ1n) is 9.00. The molecule has 0 amide bonds. The van der Waals surface area contributed by atoms with Gasteiger partial charge in [0.15, 0.2) is 11.4 Å². The average Bonchev–Trinajstić information content (AvgIpc) is 2.44. The van der Waals surface area contributed by atoms with Crippen LogP contribution in [0.3, 0.4) is 0 Å². The summed E-state index contributed by atoms with van der Waals surface area (Å²) in [6, 6.07) is 6.88. The lowest BCUT2D eigenvalue weighted by atomic mass is 9.71. The molecule has 4 heteroatoms. The average molecular weight is 346 g/mol. The van der Waals surface area contributed by atoms with E-state index >= 15 is 0 Å². The van der Waals surface area contributed by atoms with Crippen molar-refractivity contribution in [1.82, 2.24) is 0 Å². The fourth-order valence-corrected chi connectivity index (χ4v) is 3.76. The SMILES string of the molecule is CC(=O)c1cccc(OC(C)(C)C(=O)O[C@H]2C[C@@H](C)CC(C)(C)C2)c1. The first kappa shape index (κ1) is 19.5. The van der Waals surface area contributed by atoms with Crippen molar-refractivity contribution in [3.05, 3.63) is 29.8 Å². The number of esters is 1. The minimum Gasteiger partial charge on any atom is -0.476 e. The van der Waals surface area contributed by atoms with Gasteiger partial charge in [0.1, 0.15) is 11.9 Å². The lowest BCUT2D eigenvalue weighted by molar-refractivity contribution is -0.169. The molecule has 2 atom stereocenters. The molecule has 1 aliphatic rings. The lowest BCUT2D eigenvalue weighted by Gasteiger charge is -2.39. The van der Waals surface area contributed by atoms with E-state index in [0.29, 0.717) is 17.2 Å². The number of hydrogen-bond donors (Lipinski definition) is 0. The second-order valence-electron chi connectivity index (χ2n) is 8.64. The maximum absolute atomic E-state index is 12.7. The number of benzene rings is 1. The molecule has 1 aliphatic carbocycles. The van der Waals surface area contributed by atoms with Crippen molar-refractivity contribution in [2.75, 3.05) is 0 Å². The summed E-state index contributed by atoms with van der Waals surface area (Å²) in [4.78, 5) is 24.2. The van der Waals surface area contributed by atoms with E-state index < -0.39 is 5.60 Å². The summed E-state index contributed by atoms with van der Waals surface area (Å²) in [5.41, 5.74) is -0.367. The summed E-state index contributed by atoms with van der Waals surface area (Å²) in [5.74, 6) is 0.629. The Morgan fingerprint density at radius 1 is 1.20 bits per heavy atom. The molecule has 25 heavy (non-hydrogen) atoms. The molecule has 0 bridgehead atoms. The molecule has 0 aromatic heterocycles. The predicted octanol–water partition coefficient (Wildman–Crippen LogP) is 4.80. The molecule has 1 saturated carbocycles. The highest BCUT2D eigenvalue weighted by Gasteiger charge is 2.38. The van der Waals surface area contributed by atoms with Gasteiger partial charge in [0.05, 0.1) is 0 Å². The number of rotatable bonds is 5. The maximum atomic E-state index is 12.7. The second kappa shape index (κ2) is 7.19. The van der Waals surface area contributed by atoms with Crippen molar-refractivity contribution in [2.24, 2.45) is 11.3 Å². The molecule has 0 saturated heterocycles. The summed E-state index contributed by atoms with van der Waals surface area (Å²) in [6.45, 7) is 11.6. The molecular formula is C21H30O4. The van der Waals surface area contributed by atoms with E-state index in [2.05, 4.69) is 20.8 Å². The molecule has 0 N–H and O–H groups in total. The van der Waals surface area contributed by atoms with E-state index in [9.17, 15) is 9.59 Å². The van der Waals surface area contributed by atoms with Gasteiger partial charge in [0, 0.05) is 5.56 Å². The molecular weight excluding hydrogens is 316 g/mol. The van der Waals surface area contributed by atoms with Gasteiger partial charge in [-0.2, -0.15) is 0 Å². The standard InChI is InChI=1S/C21H30O4/c1-14-10-18(13-20(3,4)12-14)24-19(23)21(5,6)25-17-9-7-8-16(11-17)15(2)22/h7-9,11,14,18H,10,12-13H2,1-6H3/t14-,18+/m1/s1. The Hall–Kier alpha value is -1.84. The van der Waals surface area contributed by atoms with Crippen LogP contribution in [0, 0.1) is 11.3 Å². The van der Waals surface area contributed by atoms with Crippen LogP contribution >= 0.6 is 0 Å². The first-order chi connectivity index (χ1) is 11.5. The Balaban J connectivity index is 2.04. The molecule has 2 rings (SSSR count). The Labute approximate surface area is 150 Å². The van der Waals surface area contributed by atoms with E-state index in [1.165, 1.54) is 6.92 Å². The third-order valence-electron chi connectivity index (χ3n) is 4.73. The minimum atomic E-state index is -1.11. The van der Waals surface area contributed by atoms with Crippen LogP contribution in [0.15, 0.2) is 24.3 Å². The van der Waals surface area contributed by atoms with Crippen molar-refractivity contribution in [3.63, 3.8) is 0 Å². The van der Waals surface area contributed by atoms with Gasteiger partial charge in [0.2, 0.25) is 0 Å². The van der Waals surface area contributed by atoms with Gasteiger partial charge in [-0.3, -0.25) is 4.79 Å². The number of ketones is 1. The van der Waals surface area contributed by atoms with Crippen molar-refractivity contribution in [1.29, 1.82) is 0 Å². The zero-order chi connectivity index (χ0) is 18.8. The Morgan fingerprint density at radius 2 is 1.88 bits per heavy atom. The Bertz CT molecular complexity index is 645. The molecule has 4 nitrogen and oxygen atoms in total. The predicted molar refractivity (Wildman–Crippen MR) is 97.8 cm³/mol. The topological polar surface area (TPSA) is 52.6 Å². The lowest BCUT2D eigenvalue weighted by Crippen LogP contribution is -2.43. The summed E-state index contributed by atoms with van der Waals surface area (Å²) in [7, 11) is 0. The van der Waals surface area contributed by atoms with Gasteiger partial charge in [-0.15, -0.1) is 0 Å². The number of carbonyl (C=O) groups is 2. The van der Waals surface area contributed by atoms with Crippen LogP contribution in [0.5, 0.6) is 5.75 Å². The van der Waals surface area contributed by atoms with Gasteiger partial charge in [-0.05, 0) is 63.5 Å². The van der Waals surface area contributed by atoms with Gasteiger partial charge < -0.3 is 9.47 Å². The van der Waals surface area contributed by atoms with E-state index in [4.69, 9.17) is 9.47 Å². The fourth-order valence-electron chi connectivity index (χ4n) is 3.76. The first-order valence-corrected chi connectivity index (χ1v) is 9.00. The Kier molecular flexibility index (Phi) is 5.60. The maximum Gasteiger partial charge on any atom is 0.350 e. The summed E-state index contributed by atoms with van der Waals surface area (Å²) in [5, 5.41) is 0. The van der Waals surface area contributed by atoms with Gasteiger partial charge in [-0.1, -0.05) is 32.9 Å². The summed E-state index contributed by atoms with van der Waals surface area (Å²) in [6.07, 6.45) is 2.85. The van der Waals surface area contributed by atoms with Crippen molar-refractivity contribution in [3.8, 4) is 5.75 Å². The van der Waals surface area contributed by atoms with Gasteiger partial charge in [0.25, 0.3) is 0 Å². The van der Waals surface area contributed by atoms with Crippen LogP contribution in [0.4, 0.5) is 0 Å². The largest absolute Gasteiger partial charge is 0.476 e. The van der Waals surface area contributed by atoms with Crippen LogP contribution in [0.25, 0.3) is 0 Å². The fraction of sp³-hybridized carbons (Fsp3) is 0.619.